The van der Waals surface area contributed by atoms with E-state index in [1.807, 2.05) is 53.4 Å². The second-order valence-electron chi connectivity index (χ2n) is 8.15. The smallest absolute Gasteiger partial charge is 0.309 e. The van der Waals surface area contributed by atoms with Gasteiger partial charge in [-0.05, 0) is 29.3 Å². The Morgan fingerprint density at radius 3 is 2.29 bits per heavy atom. The van der Waals surface area contributed by atoms with Crippen molar-refractivity contribution in [2.75, 3.05) is 37.6 Å². The van der Waals surface area contributed by atoms with Crippen LogP contribution in [-0.4, -0.2) is 54.4 Å². The first kappa shape index (κ1) is 23.4. The molecular weight excluding hydrogens is 433 g/mol. The summed E-state index contributed by atoms with van der Waals surface area (Å²) in [5, 5.41) is 5.42. The molecule has 2 amide bonds. The van der Waals surface area contributed by atoms with Gasteiger partial charge in [-0.25, -0.2) is 4.39 Å². The summed E-state index contributed by atoms with van der Waals surface area (Å²) in [5.41, 5.74) is 2.47. The number of hydrogen-bond donors (Lipinski definition) is 2. The molecule has 0 bridgehead atoms. The number of para-hydroxylation sites is 1. The van der Waals surface area contributed by atoms with Crippen LogP contribution in [0.25, 0.3) is 0 Å². The van der Waals surface area contributed by atoms with Crippen molar-refractivity contribution in [2.24, 2.45) is 0 Å². The Labute approximate surface area is 198 Å². The SMILES string of the molecule is O=C(NCc1ccccc1)C(=O)NCC(c1cccnc1)N1CCN(c2ccccc2F)CC1. The van der Waals surface area contributed by atoms with Crippen LogP contribution in [0.3, 0.4) is 0 Å². The van der Waals surface area contributed by atoms with Crippen molar-refractivity contribution in [3.63, 3.8) is 0 Å². The third-order valence-electron chi connectivity index (χ3n) is 5.98. The Morgan fingerprint density at radius 2 is 1.59 bits per heavy atom. The van der Waals surface area contributed by atoms with Crippen molar-refractivity contribution in [1.82, 2.24) is 20.5 Å². The van der Waals surface area contributed by atoms with Crippen molar-refractivity contribution in [3.8, 4) is 0 Å². The van der Waals surface area contributed by atoms with E-state index < -0.39 is 11.8 Å². The number of piperazine rings is 1. The third kappa shape index (κ3) is 5.96. The number of rotatable bonds is 7. The van der Waals surface area contributed by atoms with Gasteiger partial charge in [-0.1, -0.05) is 48.5 Å². The Morgan fingerprint density at radius 1 is 0.882 bits per heavy atom. The highest BCUT2D eigenvalue weighted by Gasteiger charge is 2.27. The molecule has 34 heavy (non-hydrogen) atoms. The molecule has 2 aromatic carbocycles. The first-order valence-electron chi connectivity index (χ1n) is 11.3. The largest absolute Gasteiger partial charge is 0.367 e. The molecule has 2 heterocycles. The van der Waals surface area contributed by atoms with Crippen molar-refractivity contribution >= 4 is 17.5 Å². The van der Waals surface area contributed by atoms with E-state index in [0.717, 1.165) is 11.1 Å². The predicted molar refractivity (Wildman–Crippen MR) is 128 cm³/mol. The average molecular weight is 462 g/mol. The molecule has 1 fully saturated rings. The summed E-state index contributed by atoms with van der Waals surface area (Å²) in [6.45, 7) is 3.24. The summed E-state index contributed by atoms with van der Waals surface area (Å²) < 4.78 is 14.2. The number of pyridine rings is 1. The van der Waals surface area contributed by atoms with Crippen LogP contribution in [0.4, 0.5) is 10.1 Å². The van der Waals surface area contributed by atoms with Crippen LogP contribution in [0.5, 0.6) is 0 Å². The van der Waals surface area contributed by atoms with Crippen molar-refractivity contribution in [3.05, 3.63) is 96.1 Å². The number of benzene rings is 2. The lowest BCUT2D eigenvalue weighted by atomic mass is 10.1. The van der Waals surface area contributed by atoms with Crippen LogP contribution in [-0.2, 0) is 16.1 Å². The van der Waals surface area contributed by atoms with Crippen LogP contribution < -0.4 is 15.5 Å². The molecule has 1 aliphatic heterocycles. The van der Waals surface area contributed by atoms with Gasteiger partial charge >= 0.3 is 11.8 Å². The molecule has 3 aromatic rings. The fourth-order valence-electron chi connectivity index (χ4n) is 4.14. The van der Waals surface area contributed by atoms with Crippen LogP contribution in [0.2, 0.25) is 0 Å². The first-order valence-corrected chi connectivity index (χ1v) is 11.3. The van der Waals surface area contributed by atoms with E-state index in [9.17, 15) is 14.0 Å². The number of carbonyl (C=O) groups excluding carboxylic acids is 2. The molecule has 1 aromatic heterocycles. The van der Waals surface area contributed by atoms with Gasteiger partial charge in [0.25, 0.3) is 0 Å². The summed E-state index contributed by atoms with van der Waals surface area (Å²) in [5.74, 6) is -1.57. The topological polar surface area (TPSA) is 77.6 Å². The quantitative estimate of drug-likeness (QED) is 0.529. The lowest BCUT2D eigenvalue weighted by Gasteiger charge is -2.40. The molecule has 2 N–H and O–H groups in total. The molecule has 0 aliphatic carbocycles. The molecular formula is C26H28FN5O2. The molecule has 1 aliphatic rings. The van der Waals surface area contributed by atoms with E-state index in [1.54, 1.807) is 24.5 Å². The predicted octanol–water partition coefficient (Wildman–Crippen LogP) is 2.52. The second kappa shape index (κ2) is 11.4. The summed E-state index contributed by atoms with van der Waals surface area (Å²) in [4.78, 5) is 33.2. The van der Waals surface area contributed by atoms with Gasteiger partial charge in [-0.3, -0.25) is 19.5 Å². The molecule has 8 heteroatoms. The van der Waals surface area contributed by atoms with E-state index >= 15 is 0 Å². The first-order chi connectivity index (χ1) is 16.6. The molecule has 1 unspecified atom stereocenters. The molecule has 4 rings (SSSR count). The standard InChI is InChI=1S/C26H28FN5O2/c27-22-10-4-5-11-23(22)31-13-15-32(16-14-31)24(21-9-6-12-28-18-21)19-30-26(34)25(33)29-17-20-7-2-1-3-8-20/h1-12,18,24H,13-17,19H2,(H,29,33)(H,30,34). The van der Waals surface area contributed by atoms with Gasteiger partial charge in [0.1, 0.15) is 5.82 Å². The maximum atomic E-state index is 14.2. The van der Waals surface area contributed by atoms with Gasteiger partial charge in [0.05, 0.1) is 11.7 Å². The van der Waals surface area contributed by atoms with Crippen LogP contribution in [0.15, 0.2) is 79.1 Å². The highest BCUT2D eigenvalue weighted by atomic mass is 19.1. The van der Waals surface area contributed by atoms with Gasteiger partial charge in [-0.15, -0.1) is 0 Å². The van der Waals surface area contributed by atoms with Gasteiger partial charge < -0.3 is 15.5 Å². The minimum absolute atomic E-state index is 0.151. The maximum absolute atomic E-state index is 14.2. The van der Waals surface area contributed by atoms with Crippen LogP contribution >= 0.6 is 0 Å². The Kier molecular flexibility index (Phi) is 7.83. The van der Waals surface area contributed by atoms with Gasteiger partial charge in [0.2, 0.25) is 0 Å². The van der Waals surface area contributed by atoms with Crippen LogP contribution in [0, 0.1) is 5.82 Å². The van der Waals surface area contributed by atoms with E-state index in [2.05, 4.69) is 20.5 Å². The van der Waals surface area contributed by atoms with Crippen molar-refractivity contribution in [2.45, 2.75) is 12.6 Å². The van der Waals surface area contributed by atoms with E-state index in [0.29, 0.717) is 31.9 Å². The zero-order valence-electron chi connectivity index (χ0n) is 18.9. The summed E-state index contributed by atoms with van der Waals surface area (Å²) >= 11 is 0. The highest BCUT2D eigenvalue weighted by molar-refractivity contribution is 6.35. The molecule has 7 nitrogen and oxygen atoms in total. The maximum Gasteiger partial charge on any atom is 0.309 e. The fraction of sp³-hybridized carbons (Fsp3) is 0.269. The fourth-order valence-corrected chi connectivity index (χ4v) is 4.14. The van der Waals surface area contributed by atoms with Gasteiger partial charge in [0.15, 0.2) is 0 Å². The number of halogens is 1. The number of nitrogens with one attached hydrogen (secondary N) is 2. The van der Waals surface area contributed by atoms with Gasteiger partial charge in [0, 0.05) is 51.7 Å². The lowest BCUT2D eigenvalue weighted by molar-refractivity contribution is -0.139. The molecule has 1 saturated heterocycles. The molecule has 1 atom stereocenters. The zero-order chi connectivity index (χ0) is 23.8. The molecule has 176 valence electrons. The lowest BCUT2D eigenvalue weighted by Crippen LogP contribution is -2.51. The highest BCUT2D eigenvalue weighted by Crippen LogP contribution is 2.25. The Hall–Kier alpha value is -3.78. The number of anilines is 1. The Bertz CT molecular complexity index is 1090. The monoisotopic (exact) mass is 461 g/mol. The number of amides is 2. The second-order valence-corrected chi connectivity index (χ2v) is 8.15. The summed E-state index contributed by atoms with van der Waals surface area (Å²) in [6.07, 6.45) is 3.47. The summed E-state index contributed by atoms with van der Waals surface area (Å²) in [7, 11) is 0. The number of nitrogens with zero attached hydrogens (tertiary/aromatic N) is 3. The van der Waals surface area contributed by atoms with E-state index in [4.69, 9.17) is 0 Å². The molecule has 0 spiro atoms. The van der Waals surface area contributed by atoms with Crippen LogP contribution in [0.1, 0.15) is 17.2 Å². The summed E-state index contributed by atoms with van der Waals surface area (Å²) in [6, 6.07) is 19.9. The Balaban J connectivity index is 1.36. The van der Waals surface area contributed by atoms with Crippen molar-refractivity contribution < 1.29 is 14.0 Å². The normalized spacial score (nSPS) is 14.9. The van der Waals surface area contributed by atoms with Crippen molar-refractivity contribution in [1.29, 1.82) is 0 Å². The minimum Gasteiger partial charge on any atom is -0.367 e. The molecule has 0 radical (unpaired) electrons. The number of carbonyl (C=O) groups is 2. The minimum atomic E-state index is -0.671. The molecule has 0 saturated carbocycles. The number of aromatic nitrogens is 1. The van der Waals surface area contributed by atoms with E-state index in [1.165, 1.54) is 6.07 Å². The van der Waals surface area contributed by atoms with E-state index in [-0.39, 0.29) is 24.9 Å². The van der Waals surface area contributed by atoms with Gasteiger partial charge in [-0.2, -0.15) is 0 Å². The average Bonchev–Trinajstić information content (AvgIpc) is 2.89. The zero-order valence-corrected chi connectivity index (χ0v) is 18.9. The number of hydrogen-bond acceptors (Lipinski definition) is 5. The third-order valence-corrected chi connectivity index (χ3v) is 5.98.